The Morgan fingerprint density at radius 2 is 1.90 bits per heavy atom. The summed E-state index contributed by atoms with van der Waals surface area (Å²) in [6.07, 6.45) is 8.36. The zero-order valence-electron chi connectivity index (χ0n) is 13.0. The monoisotopic (exact) mass is 279 g/mol. The van der Waals surface area contributed by atoms with Gasteiger partial charge in [0.1, 0.15) is 0 Å². The first-order valence-electron chi connectivity index (χ1n) is 8.58. The molecule has 1 N–H and O–H groups in total. The van der Waals surface area contributed by atoms with Crippen LogP contribution in [-0.2, 0) is 4.79 Å². The zero-order valence-corrected chi connectivity index (χ0v) is 13.0. The molecule has 4 heteroatoms. The third kappa shape index (κ3) is 2.37. The topological polar surface area (TPSA) is 35.6 Å². The molecule has 1 amide bonds. The normalized spacial score (nSPS) is 37.9. The SMILES string of the molecule is CCCC1NC(CCC)N(C2CCN3CCCC23)C1=O. The summed E-state index contributed by atoms with van der Waals surface area (Å²) in [5, 5.41) is 3.61. The van der Waals surface area contributed by atoms with E-state index >= 15 is 0 Å². The second-order valence-corrected chi connectivity index (χ2v) is 6.66. The highest BCUT2D eigenvalue weighted by atomic mass is 16.2. The van der Waals surface area contributed by atoms with Crippen molar-refractivity contribution in [2.75, 3.05) is 13.1 Å². The lowest BCUT2D eigenvalue weighted by Crippen LogP contribution is -2.49. The van der Waals surface area contributed by atoms with Crippen LogP contribution < -0.4 is 5.32 Å². The van der Waals surface area contributed by atoms with Gasteiger partial charge >= 0.3 is 0 Å². The average Bonchev–Trinajstić information content (AvgIpc) is 3.08. The van der Waals surface area contributed by atoms with E-state index in [1.165, 1.54) is 32.4 Å². The fraction of sp³-hybridized carbons (Fsp3) is 0.938. The predicted molar refractivity (Wildman–Crippen MR) is 80.4 cm³/mol. The highest BCUT2D eigenvalue weighted by Gasteiger charge is 2.48. The predicted octanol–water partition coefficient (Wildman–Crippen LogP) is 1.95. The van der Waals surface area contributed by atoms with Gasteiger partial charge in [0.15, 0.2) is 0 Å². The lowest BCUT2D eigenvalue weighted by atomic mass is 10.0. The molecule has 3 aliphatic rings. The van der Waals surface area contributed by atoms with E-state index in [1.807, 2.05) is 0 Å². The van der Waals surface area contributed by atoms with E-state index < -0.39 is 0 Å². The molecule has 4 atom stereocenters. The Balaban J connectivity index is 1.76. The van der Waals surface area contributed by atoms with Gasteiger partial charge in [0, 0.05) is 12.6 Å². The molecule has 4 nitrogen and oxygen atoms in total. The first kappa shape index (κ1) is 14.3. The summed E-state index contributed by atoms with van der Waals surface area (Å²) in [4.78, 5) is 17.7. The van der Waals surface area contributed by atoms with Gasteiger partial charge in [-0.05, 0) is 38.6 Å². The fourth-order valence-electron chi connectivity index (χ4n) is 4.48. The molecule has 0 aromatic heterocycles. The number of fused-ring (bicyclic) bond motifs is 1. The molecule has 0 saturated carbocycles. The van der Waals surface area contributed by atoms with E-state index in [2.05, 4.69) is 29.0 Å². The Labute approximate surface area is 122 Å². The molecule has 20 heavy (non-hydrogen) atoms. The van der Waals surface area contributed by atoms with E-state index in [0.29, 0.717) is 18.0 Å². The van der Waals surface area contributed by atoms with Crippen molar-refractivity contribution in [3.8, 4) is 0 Å². The van der Waals surface area contributed by atoms with Crippen molar-refractivity contribution in [3.63, 3.8) is 0 Å². The molecule has 3 fully saturated rings. The highest BCUT2D eigenvalue weighted by molar-refractivity contribution is 5.84. The second-order valence-electron chi connectivity index (χ2n) is 6.66. The minimum Gasteiger partial charge on any atom is -0.321 e. The van der Waals surface area contributed by atoms with Crippen molar-refractivity contribution in [1.29, 1.82) is 0 Å². The van der Waals surface area contributed by atoms with Gasteiger partial charge in [-0.3, -0.25) is 15.0 Å². The van der Waals surface area contributed by atoms with Gasteiger partial charge in [-0.2, -0.15) is 0 Å². The van der Waals surface area contributed by atoms with Gasteiger partial charge < -0.3 is 4.90 Å². The van der Waals surface area contributed by atoms with Crippen LogP contribution in [0, 0.1) is 0 Å². The Morgan fingerprint density at radius 1 is 1.10 bits per heavy atom. The maximum atomic E-state index is 12.8. The standard InChI is InChI=1S/C16H29N3O/c1-3-6-12-16(20)19(15(17-12)7-4-2)14-9-11-18-10-5-8-13(14)18/h12-15,17H,3-11H2,1-2H3. The number of rotatable bonds is 5. The summed E-state index contributed by atoms with van der Waals surface area (Å²) in [6.45, 7) is 6.82. The van der Waals surface area contributed by atoms with Gasteiger partial charge in [-0.15, -0.1) is 0 Å². The van der Waals surface area contributed by atoms with Crippen LogP contribution in [0.25, 0.3) is 0 Å². The molecular formula is C16H29N3O. The molecule has 3 aliphatic heterocycles. The second kappa shape index (κ2) is 6.02. The third-order valence-corrected chi connectivity index (χ3v) is 5.35. The number of hydrogen-bond acceptors (Lipinski definition) is 3. The van der Waals surface area contributed by atoms with Gasteiger partial charge in [0.2, 0.25) is 5.91 Å². The van der Waals surface area contributed by atoms with E-state index in [9.17, 15) is 4.79 Å². The van der Waals surface area contributed by atoms with E-state index in [0.717, 1.165) is 25.7 Å². The quantitative estimate of drug-likeness (QED) is 0.835. The molecule has 114 valence electrons. The molecule has 0 aliphatic carbocycles. The summed E-state index contributed by atoms with van der Waals surface area (Å²) in [7, 11) is 0. The first-order chi connectivity index (χ1) is 9.76. The van der Waals surface area contributed by atoms with Crippen molar-refractivity contribution in [1.82, 2.24) is 15.1 Å². The third-order valence-electron chi connectivity index (χ3n) is 5.35. The van der Waals surface area contributed by atoms with Gasteiger partial charge in [0.05, 0.1) is 18.2 Å². The Bertz CT molecular complexity index is 360. The smallest absolute Gasteiger partial charge is 0.241 e. The van der Waals surface area contributed by atoms with Crippen LogP contribution in [0.5, 0.6) is 0 Å². The minimum atomic E-state index is 0.0759. The maximum Gasteiger partial charge on any atom is 0.241 e. The lowest BCUT2D eigenvalue weighted by Gasteiger charge is -2.33. The summed E-state index contributed by atoms with van der Waals surface area (Å²) in [5.41, 5.74) is 0. The first-order valence-corrected chi connectivity index (χ1v) is 8.58. The molecule has 0 radical (unpaired) electrons. The number of amides is 1. The van der Waals surface area contributed by atoms with Crippen molar-refractivity contribution in [3.05, 3.63) is 0 Å². The minimum absolute atomic E-state index is 0.0759. The molecule has 3 saturated heterocycles. The van der Waals surface area contributed by atoms with Crippen molar-refractivity contribution in [2.45, 2.75) is 83.1 Å². The summed E-state index contributed by atoms with van der Waals surface area (Å²) < 4.78 is 0. The number of hydrogen-bond donors (Lipinski definition) is 1. The van der Waals surface area contributed by atoms with E-state index in [-0.39, 0.29) is 12.2 Å². The molecule has 0 bridgehead atoms. The Hall–Kier alpha value is -0.610. The van der Waals surface area contributed by atoms with Crippen LogP contribution in [-0.4, -0.2) is 53.1 Å². The fourth-order valence-corrected chi connectivity index (χ4v) is 4.48. The van der Waals surface area contributed by atoms with Crippen LogP contribution in [0.15, 0.2) is 0 Å². The molecular weight excluding hydrogens is 250 g/mol. The lowest BCUT2D eigenvalue weighted by molar-refractivity contribution is -0.132. The molecule has 3 heterocycles. The number of carbonyl (C=O) groups is 1. The maximum absolute atomic E-state index is 12.8. The van der Waals surface area contributed by atoms with Crippen LogP contribution >= 0.6 is 0 Å². The number of nitrogens with one attached hydrogen (secondary N) is 1. The number of carbonyl (C=O) groups excluding carboxylic acids is 1. The van der Waals surface area contributed by atoms with Crippen LogP contribution in [0.2, 0.25) is 0 Å². The zero-order chi connectivity index (χ0) is 14.1. The van der Waals surface area contributed by atoms with Crippen molar-refractivity contribution < 1.29 is 4.79 Å². The molecule has 0 aromatic carbocycles. The largest absolute Gasteiger partial charge is 0.321 e. The highest BCUT2D eigenvalue weighted by Crippen LogP contribution is 2.34. The Kier molecular flexibility index (Phi) is 4.32. The number of nitrogens with zero attached hydrogens (tertiary/aromatic N) is 2. The molecule has 0 aromatic rings. The van der Waals surface area contributed by atoms with E-state index in [1.54, 1.807) is 0 Å². The molecule has 3 rings (SSSR count). The molecule has 4 unspecified atom stereocenters. The van der Waals surface area contributed by atoms with Crippen LogP contribution in [0.3, 0.4) is 0 Å². The summed E-state index contributed by atoms with van der Waals surface area (Å²) in [5.74, 6) is 0.379. The average molecular weight is 279 g/mol. The van der Waals surface area contributed by atoms with Crippen LogP contribution in [0.1, 0.15) is 58.8 Å². The summed E-state index contributed by atoms with van der Waals surface area (Å²) in [6, 6.07) is 1.18. The van der Waals surface area contributed by atoms with Gasteiger partial charge in [-0.25, -0.2) is 0 Å². The van der Waals surface area contributed by atoms with Crippen molar-refractivity contribution >= 4 is 5.91 Å². The summed E-state index contributed by atoms with van der Waals surface area (Å²) >= 11 is 0. The van der Waals surface area contributed by atoms with Gasteiger partial charge in [-0.1, -0.05) is 26.7 Å². The molecule has 0 spiro atoms. The Morgan fingerprint density at radius 3 is 2.65 bits per heavy atom. The van der Waals surface area contributed by atoms with E-state index in [4.69, 9.17) is 0 Å². The van der Waals surface area contributed by atoms with Crippen LogP contribution in [0.4, 0.5) is 0 Å². The van der Waals surface area contributed by atoms with Crippen molar-refractivity contribution in [2.24, 2.45) is 0 Å². The van der Waals surface area contributed by atoms with Gasteiger partial charge in [0.25, 0.3) is 0 Å².